The second kappa shape index (κ2) is 6.46. The van der Waals surface area contributed by atoms with Crippen LogP contribution in [-0.4, -0.2) is 17.5 Å². The Morgan fingerprint density at radius 1 is 1.13 bits per heavy atom. The molecule has 0 amide bonds. The Labute approximate surface area is 132 Å². The Bertz CT molecular complexity index is 743. The first-order chi connectivity index (χ1) is 11.0. The molecule has 0 fully saturated rings. The van der Waals surface area contributed by atoms with Crippen molar-refractivity contribution in [2.24, 2.45) is 0 Å². The van der Waals surface area contributed by atoms with Gasteiger partial charge in [-0.1, -0.05) is 0 Å². The maximum atomic E-state index is 13.6. The highest BCUT2D eigenvalue weighted by molar-refractivity contribution is 5.98. The molecule has 1 atom stereocenters. The van der Waals surface area contributed by atoms with E-state index in [2.05, 4.69) is 0 Å². The average molecular weight is 318 g/mol. The average Bonchev–Trinajstić information content (AvgIpc) is 2.55. The standard InChI is InChI=1S/C18H16F2O3/c19-12-4-7-16(20)15(9-12)18(22)10-23-13-5-6-14-11(8-13)2-1-3-17(14)21/h4-9,18,22H,1-3,10H2. The first kappa shape index (κ1) is 15.6. The number of benzene rings is 2. The molecule has 0 radical (unpaired) electrons. The molecule has 1 aliphatic rings. The van der Waals surface area contributed by atoms with E-state index in [1.165, 1.54) is 0 Å². The van der Waals surface area contributed by atoms with Gasteiger partial charge in [0.25, 0.3) is 0 Å². The molecule has 2 aromatic rings. The van der Waals surface area contributed by atoms with Crippen molar-refractivity contribution in [2.45, 2.75) is 25.4 Å². The molecule has 0 saturated heterocycles. The first-order valence-corrected chi connectivity index (χ1v) is 7.46. The zero-order chi connectivity index (χ0) is 16.4. The van der Waals surface area contributed by atoms with Gasteiger partial charge in [0.05, 0.1) is 0 Å². The quantitative estimate of drug-likeness (QED) is 0.937. The zero-order valence-electron chi connectivity index (χ0n) is 12.4. The van der Waals surface area contributed by atoms with Crippen molar-refractivity contribution < 1.29 is 23.4 Å². The Morgan fingerprint density at radius 2 is 1.96 bits per heavy atom. The number of aliphatic hydroxyl groups is 1. The summed E-state index contributed by atoms with van der Waals surface area (Å²) in [6, 6.07) is 8.04. The zero-order valence-corrected chi connectivity index (χ0v) is 12.4. The summed E-state index contributed by atoms with van der Waals surface area (Å²) in [6.07, 6.45) is 0.902. The van der Waals surface area contributed by atoms with Crippen LogP contribution in [0.2, 0.25) is 0 Å². The molecule has 1 aliphatic carbocycles. The molecular formula is C18H16F2O3. The van der Waals surface area contributed by atoms with Crippen LogP contribution in [-0.2, 0) is 6.42 Å². The van der Waals surface area contributed by atoms with Gasteiger partial charge in [0.15, 0.2) is 5.78 Å². The Kier molecular flexibility index (Phi) is 4.39. The molecule has 0 aliphatic heterocycles. The minimum absolute atomic E-state index is 0.125. The number of halogens is 2. The molecular weight excluding hydrogens is 302 g/mol. The maximum Gasteiger partial charge on any atom is 0.163 e. The van der Waals surface area contributed by atoms with Crippen molar-refractivity contribution in [3.05, 3.63) is 64.7 Å². The number of ketones is 1. The van der Waals surface area contributed by atoms with Crippen LogP contribution in [0.4, 0.5) is 8.78 Å². The van der Waals surface area contributed by atoms with Crippen LogP contribution < -0.4 is 4.74 Å². The molecule has 1 N–H and O–H groups in total. The lowest BCUT2D eigenvalue weighted by Gasteiger charge is -2.17. The number of hydrogen-bond acceptors (Lipinski definition) is 3. The molecule has 0 saturated carbocycles. The van der Waals surface area contributed by atoms with Crippen molar-refractivity contribution in [1.82, 2.24) is 0 Å². The molecule has 3 nitrogen and oxygen atoms in total. The predicted molar refractivity (Wildman–Crippen MR) is 80.5 cm³/mol. The molecule has 0 heterocycles. The van der Waals surface area contributed by atoms with Crippen molar-refractivity contribution in [3.8, 4) is 5.75 Å². The van der Waals surface area contributed by atoms with Gasteiger partial charge in [-0.25, -0.2) is 8.78 Å². The van der Waals surface area contributed by atoms with Crippen molar-refractivity contribution >= 4 is 5.78 Å². The summed E-state index contributed by atoms with van der Waals surface area (Å²) < 4.78 is 32.2. The summed E-state index contributed by atoms with van der Waals surface area (Å²) in [7, 11) is 0. The highest BCUT2D eigenvalue weighted by Gasteiger charge is 2.18. The van der Waals surface area contributed by atoms with Crippen molar-refractivity contribution in [1.29, 1.82) is 0 Å². The smallest absolute Gasteiger partial charge is 0.163 e. The SMILES string of the molecule is O=C1CCCc2cc(OCC(O)c3cc(F)ccc3F)ccc21. The van der Waals surface area contributed by atoms with E-state index in [9.17, 15) is 18.7 Å². The molecule has 1 unspecified atom stereocenters. The van der Waals surface area contributed by atoms with E-state index in [-0.39, 0.29) is 18.0 Å². The summed E-state index contributed by atoms with van der Waals surface area (Å²) >= 11 is 0. The van der Waals surface area contributed by atoms with E-state index in [0.29, 0.717) is 17.7 Å². The number of carbonyl (C=O) groups excluding carboxylic acids is 1. The highest BCUT2D eigenvalue weighted by atomic mass is 19.1. The number of hydrogen-bond donors (Lipinski definition) is 1. The fraction of sp³-hybridized carbons (Fsp3) is 0.278. The van der Waals surface area contributed by atoms with Crippen LogP contribution in [0.5, 0.6) is 5.75 Å². The van der Waals surface area contributed by atoms with Gasteiger partial charge in [0.2, 0.25) is 0 Å². The third-order valence-electron chi connectivity index (χ3n) is 3.95. The van der Waals surface area contributed by atoms with Crippen LogP contribution in [0.3, 0.4) is 0 Å². The normalized spacial score (nSPS) is 15.2. The molecule has 2 aromatic carbocycles. The number of carbonyl (C=O) groups is 1. The van der Waals surface area contributed by atoms with Crippen LogP contribution >= 0.6 is 0 Å². The van der Waals surface area contributed by atoms with Gasteiger partial charge in [-0.15, -0.1) is 0 Å². The van der Waals surface area contributed by atoms with Crippen LogP contribution in [0.15, 0.2) is 36.4 Å². The van der Waals surface area contributed by atoms with E-state index in [1.54, 1.807) is 18.2 Å². The lowest BCUT2D eigenvalue weighted by atomic mass is 9.90. The Morgan fingerprint density at radius 3 is 2.78 bits per heavy atom. The topological polar surface area (TPSA) is 46.5 Å². The lowest BCUT2D eigenvalue weighted by Crippen LogP contribution is -2.13. The number of aliphatic hydroxyl groups excluding tert-OH is 1. The Balaban J connectivity index is 1.71. The number of rotatable bonds is 4. The highest BCUT2D eigenvalue weighted by Crippen LogP contribution is 2.26. The van der Waals surface area contributed by atoms with Crippen LogP contribution in [0.25, 0.3) is 0 Å². The van der Waals surface area contributed by atoms with E-state index in [4.69, 9.17) is 4.74 Å². The van der Waals surface area contributed by atoms with Gasteiger partial charge in [-0.3, -0.25) is 4.79 Å². The fourth-order valence-corrected chi connectivity index (χ4v) is 2.75. The first-order valence-electron chi connectivity index (χ1n) is 7.46. The summed E-state index contributed by atoms with van der Waals surface area (Å²) in [5, 5.41) is 9.98. The number of fused-ring (bicyclic) bond motifs is 1. The van der Waals surface area contributed by atoms with Crippen molar-refractivity contribution in [3.63, 3.8) is 0 Å². The lowest BCUT2D eigenvalue weighted by molar-refractivity contribution is 0.0970. The third kappa shape index (κ3) is 3.40. The minimum Gasteiger partial charge on any atom is -0.491 e. The number of Topliss-reactive ketones (excluding diaryl/α,β-unsaturated/α-hetero) is 1. The Hall–Kier alpha value is -2.27. The minimum atomic E-state index is -1.27. The molecule has 3 rings (SSSR count). The molecule has 120 valence electrons. The van der Waals surface area contributed by atoms with Gasteiger partial charge in [0.1, 0.15) is 30.1 Å². The second-order valence-electron chi connectivity index (χ2n) is 5.59. The largest absolute Gasteiger partial charge is 0.491 e. The van der Waals surface area contributed by atoms with Crippen LogP contribution in [0, 0.1) is 11.6 Å². The van der Waals surface area contributed by atoms with Gasteiger partial charge in [-0.05, 0) is 54.8 Å². The summed E-state index contributed by atoms with van der Waals surface area (Å²) in [5.41, 5.74) is 1.49. The summed E-state index contributed by atoms with van der Waals surface area (Å²) in [4.78, 5) is 11.8. The van der Waals surface area contributed by atoms with E-state index < -0.39 is 17.7 Å². The third-order valence-corrected chi connectivity index (χ3v) is 3.95. The number of ether oxygens (including phenoxy) is 1. The second-order valence-corrected chi connectivity index (χ2v) is 5.59. The summed E-state index contributed by atoms with van der Waals surface area (Å²) in [6.45, 7) is -0.201. The van der Waals surface area contributed by atoms with Crippen molar-refractivity contribution in [2.75, 3.05) is 6.61 Å². The molecule has 5 heteroatoms. The van der Waals surface area contributed by atoms with Gasteiger partial charge in [-0.2, -0.15) is 0 Å². The van der Waals surface area contributed by atoms with Crippen LogP contribution in [0.1, 0.15) is 40.4 Å². The van der Waals surface area contributed by atoms with Gasteiger partial charge in [0, 0.05) is 17.5 Å². The van der Waals surface area contributed by atoms with E-state index >= 15 is 0 Å². The predicted octanol–water partition coefficient (Wildman–Crippen LogP) is 3.60. The monoisotopic (exact) mass is 318 g/mol. The van der Waals surface area contributed by atoms with Gasteiger partial charge < -0.3 is 9.84 Å². The molecule has 0 spiro atoms. The maximum absolute atomic E-state index is 13.6. The molecule has 0 bridgehead atoms. The van der Waals surface area contributed by atoms with E-state index in [0.717, 1.165) is 36.6 Å². The van der Waals surface area contributed by atoms with Gasteiger partial charge >= 0.3 is 0 Å². The fourth-order valence-electron chi connectivity index (χ4n) is 2.75. The molecule has 0 aromatic heterocycles. The molecule has 23 heavy (non-hydrogen) atoms. The summed E-state index contributed by atoms with van der Waals surface area (Å²) in [5.74, 6) is -0.680. The van der Waals surface area contributed by atoms with E-state index in [1.807, 2.05) is 0 Å². The number of aryl methyl sites for hydroxylation is 1.